The predicted molar refractivity (Wildman–Crippen MR) is 63.5 cm³/mol. The Morgan fingerprint density at radius 2 is 2.19 bits per heavy atom. The lowest BCUT2D eigenvalue weighted by atomic mass is 9.93. The molecular weight excluding hydrogens is 206 g/mol. The third-order valence-corrected chi connectivity index (χ3v) is 3.21. The molecule has 1 aliphatic heterocycles. The maximum atomic E-state index is 9.56. The fourth-order valence-corrected chi connectivity index (χ4v) is 2.13. The molecule has 1 heterocycles. The molecule has 1 N–H and O–H groups in total. The Kier molecular flexibility index (Phi) is 6.96. The van der Waals surface area contributed by atoms with Crippen LogP contribution in [0.1, 0.15) is 19.8 Å². The number of piperidine rings is 1. The van der Waals surface area contributed by atoms with Crippen molar-refractivity contribution in [3.05, 3.63) is 0 Å². The molecule has 1 aliphatic rings. The van der Waals surface area contributed by atoms with Crippen LogP contribution in [-0.4, -0.2) is 62.7 Å². The number of nitrogens with zero attached hydrogens (tertiary/aromatic N) is 1. The lowest BCUT2D eigenvalue weighted by molar-refractivity contribution is 0.0304. The second-order valence-corrected chi connectivity index (χ2v) is 4.55. The van der Waals surface area contributed by atoms with E-state index in [0.29, 0.717) is 19.1 Å². The van der Waals surface area contributed by atoms with E-state index in [-0.39, 0.29) is 6.10 Å². The maximum Gasteiger partial charge on any atom is 0.0700 e. The first kappa shape index (κ1) is 13.9. The number of hydrogen-bond acceptors (Lipinski definition) is 4. The molecule has 0 amide bonds. The monoisotopic (exact) mass is 231 g/mol. The van der Waals surface area contributed by atoms with Gasteiger partial charge in [-0.2, -0.15) is 0 Å². The molecule has 0 bridgehead atoms. The van der Waals surface area contributed by atoms with Gasteiger partial charge in [-0.1, -0.05) is 0 Å². The van der Waals surface area contributed by atoms with E-state index in [1.807, 2.05) is 6.92 Å². The Balaban J connectivity index is 2.07. The summed E-state index contributed by atoms with van der Waals surface area (Å²) in [6, 6.07) is 0. The lowest BCUT2D eigenvalue weighted by Crippen LogP contribution is -2.41. The van der Waals surface area contributed by atoms with Gasteiger partial charge in [-0.15, -0.1) is 0 Å². The first-order valence-corrected chi connectivity index (χ1v) is 6.21. The Labute approximate surface area is 98.5 Å². The Hall–Kier alpha value is -0.160. The predicted octanol–water partition coefficient (Wildman–Crippen LogP) is 0.742. The number of aliphatic hydroxyl groups excluding tert-OH is 1. The van der Waals surface area contributed by atoms with E-state index >= 15 is 0 Å². The highest BCUT2D eigenvalue weighted by atomic mass is 16.5. The van der Waals surface area contributed by atoms with Gasteiger partial charge < -0.3 is 19.5 Å². The zero-order chi connectivity index (χ0) is 11.8. The van der Waals surface area contributed by atoms with E-state index in [4.69, 9.17) is 9.47 Å². The summed E-state index contributed by atoms with van der Waals surface area (Å²) >= 11 is 0. The third kappa shape index (κ3) is 5.25. The summed E-state index contributed by atoms with van der Waals surface area (Å²) < 4.78 is 10.4. The van der Waals surface area contributed by atoms with Crippen molar-refractivity contribution in [1.82, 2.24) is 4.90 Å². The Bertz CT molecular complexity index is 176. The molecule has 0 saturated carbocycles. The van der Waals surface area contributed by atoms with Crippen LogP contribution in [0.3, 0.4) is 0 Å². The van der Waals surface area contributed by atoms with Crippen molar-refractivity contribution < 1.29 is 14.6 Å². The molecule has 4 nitrogen and oxygen atoms in total. The standard InChI is InChI=1S/C12H25NO3/c1-11(14)12-4-3-5-13(10-12)6-7-16-9-8-15-2/h11-12,14H,3-10H2,1-2H3. The topological polar surface area (TPSA) is 41.9 Å². The second kappa shape index (κ2) is 8.01. The van der Waals surface area contributed by atoms with Gasteiger partial charge in [-0.3, -0.25) is 0 Å². The molecule has 0 aromatic rings. The number of methoxy groups -OCH3 is 1. The average molecular weight is 231 g/mol. The fourth-order valence-electron chi connectivity index (χ4n) is 2.13. The summed E-state index contributed by atoms with van der Waals surface area (Å²) in [6.45, 7) is 7.09. The molecule has 0 aromatic carbocycles. The van der Waals surface area contributed by atoms with Crippen LogP contribution in [0.25, 0.3) is 0 Å². The minimum atomic E-state index is -0.183. The first-order valence-electron chi connectivity index (χ1n) is 6.21. The summed E-state index contributed by atoms with van der Waals surface area (Å²) in [5.74, 6) is 0.438. The summed E-state index contributed by atoms with van der Waals surface area (Å²) in [5, 5.41) is 9.56. The van der Waals surface area contributed by atoms with Gasteiger partial charge in [0.15, 0.2) is 0 Å². The Morgan fingerprint density at radius 3 is 2.88 bits per heavy atom. The van der Waals surface area contributed by atoms with E-state index in [2.05, 4.69) is 4.90 Å². The van der Waals surface area contributed by atoms with Crippen LogP contribution >= 0.6 is 0 Å². The van der Waals surface area contributed by atoms with Crippen molar-refractivity contribution in [2.75, 3.05) is 46.6 Å². The average Bonchev–Trinajstić information content (AvgIpc) is 2.29. The highest BCUT2D eigenvalue weighted by Gasteiger charge is 2.22. The molecule has 2 unspecified atom stereocenters. The van der Waals surface area contributed by atoms with Crippen molar-refractivity contribution in [2.24, 2.45) is 5.92 Å². The van der Waals surface area contributed by atoms with Gasteiger partial charge in [0.2, 0.25) is 0 Å². The zero-order valence-electron chi connectivity index (χ0n) is 10.5. The van der Waals surface area contributed by atoms with Crippen LogP contribution in [0.2, 0.25) is 0 Å². The molecule has 1 saturated heterocycles. The first-order chi connectivity index (χ1) is 7.74. The summed E-state index contributed by atoms with van der Waals surface area (Å²) in [6.07, 6.45) is 2.16. The molecule has 16 heavy (non-hydrogen) atoms. The molecule has 0 aliphatic carbocycles. The molecule has 0 radical (unpaired) electrons. The summed E-state index contributed by atoms with van der Waals surface area (Å²) in [4.78, 5) is 2.38. The van der Waals surface area contributed by atoms with Crippen LogP contribution in [0.15, 0.2) is 0 Å². The van der Waals surface area contributed by atoms with Crippen LogP contribution < -0.4 is 0 Å². The van der Waals surface area contributed by atoms with Gasteiger partial charge in [0.1, 0.15) is 0 Å². The molecule has 2 atom stereocenters. The fraction of sp³-hybridized carbons (Fsp3) is 1.00. The molecule has 0 spiro atoms. The normalized spacial score (nSPS) is 24.6. The van der Waals surface area contributed by atoms with Crippen molar-refractivity contribution in [1.29, 1.82) is 0 Å². The van der Waals surface area contributed by atoms with E-state index < -0.39 is 0 Å². The minimum absolute atomic E-state index is 0.183. The third-order valence-electron chi connectivity index (χ3n) is 3.21. The van der Waals surface area contributed by atoms with Gasteiger partial charge in [-0.05, 0) is 32.2 Å². The van der Waals surface area contributed by atoms with Crippen molar-refractivity contribution >= 4 is 0 Å². The van der Waals surface area contributed by atoms with E-state index in [1.165, 1.54) is 6.42 Å². The lowest BCUT2D eigenvalue weighted by Gasteiger charge is -2.33. The van der Waals surface area contributed by atoms with Gasteiger partial charge in [0.25, 0.3) is 0 Å². The van der Waals surface area contributed by atoms with Crippen molar-refractivity contribution in [3.8, 4) is 0 Å². The van der Waals surface area contributed by atoms with Crippen LogP contribution in [-0.2, 0) is 9.47 Å². The van der Waals surface area contributed by atoms with Gasteiger partial charge in [0, 0.05) is 20.2 Å². The Morgan fingerprint density at radius 1 is 1.38 bits per heavy atom. The van der Waals surface area contributed by atoms with Crippen LogP contribution in [0.5, 0.6) is 0 Å². The van der Waals surface area contributed by atoms with E-state index in [9.17, 15) is 5.11 Å². The SMILES string of the molecule is COCCOCCN1CCCC(C(C)O)C1. The highest BCUT2D eigenvalue weighted by molar-refractivity contribution is 4.76. The van der Waals surface area contributed by atoms with E-state index in [0.717, 1.165) is 32.7 Å². The number of likely N-dealkylation sites (tertiary alicyclic amines) is 1. The van der Waals surface area contributed by atoms with Crippen molar-refractivity contribution in [3.63, 3.8) is 0 Å². The molecule has 96 valence electrons. The number of ether oxygens (including phenoxy) is 2. The zero-order valence-corrected chi connectivity index (χ0v) is 10.5. The molecule has 4 heteroatoms. The molecule has 0 aromatic heterocycles. The molecule has 1 fully saturated rings. The molecular formula is C12H25NO3. The maximum absolute atomic E-state index is 9.56. The quantitative estimate of drug-likeness (QED) is 0.656. The second-order valence-electron chi connectivity index (χ2n) is 4.55. The van der Waals surface area contributed by atoms with Crippen molar-refractivity contribution in [2.45, 2.75) is 25.9 Å². The van der Waals surface area contributed by atoms with Crippen LogP contribution in [0.4, 0.5) is 0 Å². The summed E-state index contributed by atoms with van der Waals surface area (Å²) in [5.41, 5.74) is 0. The molecule has 1 rings (SSSR count). The van der Waals surface area contributed by atoms with Crippen LogP contribution in [0, 0.1) is 5.92 Å². The van der Waals surface area contributed by atoms with E-state index in [1.54, 1.807) is 7.11 Å². The van der Waals surface area contributed by atoms with Gasteiger partial charge in [0.05, 0.1) is 25.9 Å². The summed E-state index contributed by atoms with van der Waals surface area (Å²) in [7, 11) is 1.68. The van der Waals surface area contributed by atoms with Gasteiger partial charge in [-0.25, -0.2) is 0 Å². The highest BCUT2D eigenvalue weighted by Crippen LogP contribution is 2.19. The minimum Gasteiger partial charge on any atom is -0.393 e. The number of rotatable bonds is 7. The largest absolute Gasteiger partial charge is 0.393 e. The van der Waals surface area contributed by atoms with Gasteiger partial charge >= 0.3 is 0 Å². The smallest absolute Gasteiger partial charge is 0.0700 e. The number of aliphatic hydroxyl groups is 1. The number of hydrogen-bond donors (Lipinski definition) is 1.